The predicted octanol–water partition coefficient (Wildman–Crippen LogP) is 2.57. The smallest absolute Gasteiger partial charge is 0.258 e. The molecule has 0 fully saturated rings. The molecule has 3 aromatic rings. The molecule has 118 valence electrons. The number of aryl methyl sites for hydroxylation is 1. The summed E-state index contributed by atoms with van der Waals surface area (Å²) in [5.41, 5.74) is 1.78. The van der Waals surface area contributed by atoms with Gasteiger partial charge in [-0.05, 0) is 41.4 Å². The molecule has 2 N–H and O–H groups in total. The molecule has 0 saturated heterocycles. The van der Waals surface area contributed by atoms with E-state index in [0.717, 1.165) is 5.56 Å². The Bertz CT molecular complexity index is 799. The van der Waals surface area contributed by atoms with Crippen LogP contribution < -0.4 is 5.32 Å². The van der Waals surface area contributed by atoms with Gasteiger partial charge in [-0.2, -0.15) is 16.3 Å². The van der Waals surface area contributed by atoms with Gasteiger partial charge in [0.25, 0.3) is 11.8 Å². The van der Waals surface area contributed by atoms with Crippen LogP contribution in [0.4, 0.5) is 0 Å². The van der Waals surface area contributed by atoms with E-state index >= 15 is 0 Å². The molecule has 0 spiro atoms. The average Bonchev–Trinajstić information content (AvgIpc) is 3.24. The van der Waals surface area contributed by atoms with E-state index in [0.29, 0.717) is 22.8 Å². The zero-order valence-electron chi connectivity index (χ0n) is 12.4. The van der Waals surface area contributed by atoms with Gasteiger partial charge in [0.15, 0.2) is 5.82 Å². The van der Waals surface area contributed by atoms with Crippen molar-refractivity contribution in [1.29, 1.82) is 0 Å². The van der Waals surface area contributed by atoms with Gasteiger partial charge in [-0.15, -0.1) is 0 Å². The second kappa shape index (κ2) is 6.72. The fraction of sp³-hybridized carbons (Fsp3) is 0.188. The molecular weight excluding hydrogens is 314 g/mol. The minimum absolute atomic E-state index is 0.132. The second-order valence-corrected chi connectivity index (χ2v) is 5.75. The first-order chi connectivity index (χ1) is 11.1. The minimum Gasteiger partial charge on any atom is -0.387 e. The maximum absolute atomic E-state index is 12.4. The Hall–Kier alpha value is -2.51. The van der Waals surface area contributed by atoms with E-state index < -0.39 is 6.10 Å². The first-order valence-electron chi connectivity index (χ1n) is 7.03. The summed E-state index contributed by atoms with van der Waals surface area (Å²) >= 11 is 1.50. The summed E-state index contributed by atoms with van der Waals surface area (Å²) in [6.07, 6.45) is -0.733. The molecule has 1 aromatic carbocycles. The molecule has 6 nitrogen and oxygen atoms in total. The Morgan fingerprint density at radius 2 is 2.22 bits per heavy atom. The number of benzene rings is 1. The highest BCUT2D eigenvalue weighted by Gasteiger charge is 2.17. The van der Waals surface area contributed by atoms with Crippen LogP contribution in [0.25, 0.3) is 11.5 Å². The maximum Gasteiger partial charge on any atom is 0.258 e. The van der Waals surface area contributed by atoms with Gasteiger partial charge >= 0.3 is 0 Å². The highest BCUT2D eigenvalue weighted by atomic mass is 32.1. The molecule has 1 atom stereocenters. The largest absolute Gasteiger partial charge is 0.387 e. The van der Waals surface area contributed by atoms with Gasteiger partial charge in [-0.1, -0.05) is 17.3 Å². The Morgan fingerprint density at radius 3 is 2.91 bits per heavy atom. The summed E-state index contributed by atoms with van der Waals surface area (Å²) in [5.74, 6) is 0.500. The molecule has 0 bridgehead atoms. The van der Waals surface area contributed by atoms with Crippen molar-refractivity contribution in [2.75, 3.05) is 6.54 Å². The molecule has 1 unspecified atom stereocenters. The Kier molecular flexibility index (Phi) is 4.50. The van der Waals surface area contributed by atoms with Crippen LogP contribution in [0, 0.1) is 6.92 Å². The summed E-state index contributed by atoms with van der Waals surface area (Å²) in [6.45, 7) is 1.85. The normalized spacial score (nSPS) is 12.1. The third-order valence-electron chi connectivity index (χ3n) is 3.31. The van der Waals surface area contributed by atoms with Crippen molar-refractivity contribution in [3.8, 4) is 11.5 Å². The van der Waals surface area contributed by atoms with Crippen LogP contribution in [0.1, 0.15) is 27.8 Å². The fourth-order valence-electron chi connectivity index (χ4n) is 2.14. The maximum atomic E-state index is 12.4. The van der Waals surface area contributed by atoms with Crippen LogP contribution in [-0.2, 0) is 0 Å². The standard InChI is InChI=1S/C16H15N3O3S/c1-10-18-16(22-19-10)13-5-3-2-4-12(13)15(21)17-8-14(20)11-6-7-23-9-11/h2-7,9,14,20H,8H2,1H3,(H,17,21). The Labute approximate surface area is 136 Å². The number of hydrogen-bond acceptors (Lipinski definition) is 6. The lowest BCUT2D eigenvalue weighted by Gasteiger charge is -2.11. The summed E-state index contributed by atoms with van der Waals surface area (Å²) in [6, 6.07) is 8.82. The molecule has 1 amide bonds. The van der Waals surface area contributed by atoms with E-state index in [9.17, 15) is 9.90 Å². The Balaban J connectivity index is 1.75. The summed E-state index contributed by atoms with van der Waals surface area (Å²) in [5, 5.41) is 20.3. The number of aliphatic hydroxyl groups is 1. The van der Waals surface area contributed by atoms with Crippen molar-refractivity contribution in [3.63, 3.8) is 0 Å². The van der Waals surface area contributed by atoms with Gasteiger partial charge in [0.2, 0.25) is 0 Å². The number of nitrogens with one attached hydrogen (secondary N) is 1. The number of aromatic nitrogens is 2. The van der Waals surface area contributed by atoms with E-state index in [2.05, 4.69) is 15.5 Å². The van der Waals surface area contributed by atoms with Crippen molar-refractivity contribution in [2.24, 2.45) is 0 Å². The molecule has 0 aliphatic carbocycles. The van der Waals surface area contributed by atoms with Crippen molar-refractivity contribution >= 4 is 17.2 Å². The number of rotatable bonds is 5. The molecule has 0 aliphatic heterocycles. The third kappa shape index (κ3) is 3.46. The van der Waals surface area contributed by atoms with Crippen LogP contribution in [-0.4, -0.2) is 27.7 Å². The topological polar surface area (TPSA) is 88.2 Å². The first-order valence-corrected chi connectivity index (χ1v) is 7.97. The number of thiophene rings is 1. The average molecular weight is 329 g/mol. The lowest BCUT2D eigenvalue weighted by molar-refractivity contribution is 0.0917. The molecule has 2 heterocycles. The number of nitrogens with zero attached hydrogens (tertiary/aromatic N) is 2. The molecule has 7 heteroatoms. The number of hydrogen-bond donors (Lipinski definition) is 2. The van der Waals surface area contributed by atoms with E-state index in [1.54, 1.807) is 31.2 Å². The van der Waals surface area contributed by atoms with Gasteiger partial charge in [0.1, 0.15) is 0 Å². The molecule has 0 saturated carbocycles. The second-order valence-electron chi connectivity index (χ2n) is 4.97. The minimum atomic E-state index is -0.733. The van der Waals surface area contributed by atoms with Crippen LogP contribution in [0.3, 0.4) is 0 Å². The van der Waals surface area contributed by atoms with Gasteiger partial charge in [0, 0.05) is 6.54 Å². The molecule has 0 aliphatic rings. The third-order valence-corrected chi connectivity index (χ3v) is 4.02. The lowest BCUT2D eigenvalue weighted by Crippen LogP contribution is -2.28. The Morgan fingerprint density at radius 1 is 1.39 bits per heavy atom. The molecule has 2 aromatic heterocycles. The fourth-order valence-corrected chi connectivity index (χ4v) is 2.85. The SMILES string of the molecule is Cc1noc(-c2ccccc2C(=O)NCC(O)c2ccsc2)n1. The van der Waals surface area contributed by atoms with E-state index in [4.69, 9.17) is 4.52 Å². The quantitative estimate of drug-likeness (QED) is 0.751. The zero-order valence-corrected chi connectivity index (χ0v) is 13.2. The van der Waals surface area contributed by atoms with Gasteiger partial charge in [0.05, 0.1) is 17.2 Å². The molecule has 0 radical (unpaired) electrons. The van der Waals surface area contributed by atoms with Gasteiger partial charge in [-0.3, -0.25) is 4.79 Å². The van der Waals surface area contributed by atoms with Crippen LogP contribution in [0.15, 0.2) is 45.6 Å². The van der Waals surface area contributed by atoms with E-state index in [1.165, 1.54) is 11.3 Å². The zero-order chi connectivity index (χ0) is 16.2. The van der Waals surface area contributed by atoms with Crippen molar-refractivity contribution in [2.45, 2.75) is 13.0 Å². The van der Waals surface area contributed by atoms with Crippen molar-refractivity contribution in [3.05, 3.63) is 58.0 Å². The van der Waals surface area contributed by atoms with E-state index in [1.807, 2.05) is 16.8 Å². The number of carbonyl (C=O) groups excluding carboxylic acids is 1. The summed E-state index contributed by atoms with van der Waals surface area (Å²) < 4.78 is 5.14. The van der Waals surface area contributed by atoms with Crippen LogP contribution >= 0.6 is 11.3 Å². The van der Waals surface area contributed by atoms with Crippen LogP contribution in [0.2, 0.25) is 0 Å². The number of carbonyl (C=O) groups is 1. The molecule has 23 heavy (non-hydrogen) atoms. The number of aliphatic hydroxyl groups excluding tert-OH is 1. The van der Waals surface area contributed by atoms with Crippen LogP contribution in [0.5, 0.6) is 0 Å². The highest BCUT2D eigenvalue weighted by Crippen LogP contribution is 2.22. The van der Waals surface area contributed by atoms with Crippen molar-refractivity contribution in [1.82, 2.24) is 15.5 Å². The summed E-state index contributed by atoms with van der Waals surface area (Å²) in [4.78, 5) is 16.6. The molecular formula is C16H15N3O3S. The lowest BCUT2D eigenvalue weighted by atomic mass is 10.1. The van der Waals surface area contributed by atoms with Gasteiger partial charge < -0.3 is 14.9 Å². The van der Waals surface area contributed by atoms with E-state index in [-0.39, 0.29) is 12.5 Å². The summed E-state index contributed by atoms with van der Waals surface area (Å²) in [7, 11) is 0. The molecule has 3 rings (SSSR count). The monoisotopic (exact) mass is 329 g/mol. The van der Waals surface area contributed by atoms with Gasteiger partial charge in [-0.25, -0.2) is 0 Å². The number of amides is 1. The first kappa shape index (κ1) is 15.4. The van der Waals surface area contributed by atoms with Crippen molar-refractivity contribution < 1.29 is 14.4 Å². The highest BCUT2D eigenvalue weighted by molar-refractivity contribution is 7.07. The predicted molar refractivity (Wildman–Crippen MR) is 86.1 cm³/mol.